The monoisotopic (exact) mass is 479 g/mol. The summed E-state index contributed by atoms with van der Waals surface area (Å²) in [7, 11) is 0.270. The maximum atomic E-state index is 13.1. The van der Waals surface area contributed by atoms with Crippen LogP contribution >= 0.6 is 22.9 Å². The molecule has 0 aliphatic rings. The second-order valence-electron chi connectivity index (χ2n) is 7.77. The van der Waals surface area contributed by atoms with E-state index in [2.05, 4.69) is 11.1 Å². The van der Waals surface area contributed by atoms with Gasteiger partial charge in [0.1, 0.15) is 0 Å². The Bertz CT molecular complexity index is 1150. The first-order chi connectivity index (χ1) is 14.6. The molecule has 0 aliphatic carbocycles. The number of anilines is 1. The van der Waals surface area contributed by atoms with E-state index in [1.54, 1.807) is 4.90 Å². The van der Waals surface area contributed by atoms with Gasteiger partial charge in [0.25, 0.3) is 0 Å². The number of aryl methyl sites for hydroxylation is 2. The number of likely N-dealkylation sites (N-methyl/N-ethyl adjacent to an activating group) is 1. The fourth-order valence-corrected chi connectivity index (χ4v) is 5.47. The number of hydrogen-bond acceptors (Lipinski definition) is 6. The van der Waals surface area contributed by atoms with E-state index in [9.17, 15) is 13.2 Å². The van der Waals surface area contributed by atoms with Crippen LogP contribution < -0.4 is 4.90 Å². The molecule has 9 heteroatoms. The summed E-state index contributed by atoms with van der Waals surface area (Å²) in [6, 6.07) is 10.1. The number of hydrogen-bond donors (Lipinski definition) is 0. The van der Waals surface area contributed by atoms with Crippen molar-refractivity contribution in [3.8, 4) is 0 Å². The maximum absolute atomic E-state index is 13.1. The zero-order valence-corrected chi connectivity index (χ0v) is 20.4. The van der Waals surface area contributed by atoms with Gasteiger partial charge >= 0.3 is 0 Å². The molecule has 6 nitrogen and oxygen atoms in total. The SMILES string of the molecule is Cc1cc2nc(N(CCN(C)C)C(=O)CCS(=O)(=O)c3ccc(Cl)cc3)sc2cc1C. The van der Waals surface area contributed by atoms with E-state index >= 15 is 0 Å². The van der Waals surface area contributed by atoms with Crippen LogP contribution in [0, 0.1) is 13.8 Å². The fourth-order valence-electron chi connectivity index (χ4n) is 3.03. The van der Waals surface area contributed by atoms with Crippen LogP contribution in [-0.4, -0.2) is 57.1 Å². The number of amides is 1. The van der Waals surface area contributed by atoms with Crippen LogP contribution in [0.2, 0.25) is 5.02 Å². The molecule has 1 aromatic heterocycles. The van der Waals surface area contributed by atoms with E-state index in [4.69, 9.17) is 11.6 Å². The molecule has 0 saturated heterocycles. The molecular weight excluding hydrogens is 454 g/mol. The zero-order chi connectivity index (χ0) is 22.8. The number of sulfone groups is 1. The van der Waals surface area contributed by atoms with Crippen LogP contribution in [0.4, 0.5) is 5.13 Å². The van der Waals surface area contributed by atoms with Gasteiger partial charge in [-0.05, 0) is 75.5 Å². The van der Waals surface area contributed by atoms with Crippen molar-refractivity contribution in [3.63, 3.8) is 0 Å². The molecule has 0 atom stereocenters. The van der Waals surface area contributed by atoms with Crippen molar-refractivity contribution in [2.45, 2.75) is 25.2 Å². The predicted octanol–water partition coefficient (Wildman–Crippen LogP) is 4.33. The topological polar surface area (TPSA) is 70.6 Å². The Morgan fingerprint density at radius 3 is 2.35 bits per heavy atom. The van der Waals surface area contributed by atoms with Crippen molar-refractivity contribution in [1.82, 2.24) is 9.88 Å². The quantitative estimate of drug-likeness (QED) is 0.481. The molecule has 1 amide bonds. The Hall–Kier alpha value is -2.00. The van der Waals surface area contributed by atoms with E-state index in [1.165, 1.54) is 41.2 Å². The second kappa shape index (κ2) is 9.65. The fraction of sp³-hybridized carbons (Fsp3) is 0.364. The van der Waals surface area contributed by atoms with Gasteiger partial charge < -0.3 is 4.90 Å². The number of nitrogens with zero attached hydrogens (tertiary/aromatic N) is 3. The number of aromatic nitrogens is 1. The summed E-state index contributed by atoms with van der Waals surface area (Å²) >= 11 is 7.30. The summed E-state index contributed by atoms with van der Waals surface area (Å²) < 4.78 is 26.3. The minimum atomic E-state index is -3.59. The summed E-state index contributed by atoms with van der Waals surface area (Å²) in [6.45, 7) is 5.16. The molecule has 166 valence electrons. The number of thiazole rings is 1. The first kappa shape index (κ1) is 23.7. The summed E-state index contributed by atoms with van der Waals surface area (Å²) in [5, 5.41) is 1.06. The molecule has 3 aromatic rings. The van der Waals surface area contributed by atoms with E-state index in [1.807, 2.05) is 38.9 Å². The number of fused-ring (bicyclic) bond motifs is 1. The van der Waals surface area contributed by atoms with Crippen molar-refractivity contribution < 1.29 is 13.2 Å². The van der Waals surface area contributed by atoms with Gasteiger partial charge in [-0.25, -0.2) is 13.4 Å². The standard InChI is InChI=1S/C22H26ClN3O3S2/c1-15-13-19-20(14-16(15)2)30-22(24-19)26(11-10-25(3)4)21(27)9-12-31(28,29)18-7-5-17(23)6-8-18/h5-8,13-14H,9-12H2,1-4H3. The Labute approximate surface area is 192 Å². The molecule has 0 spiro atoms. The Morgan fingerprint density at radius 2 is 1.71 bits per heavy atom. The molecule has 1 heterocycles. The van der Waals surface area contributed by atoms with E-state index in [0.717, 1.165) is 15.8 Å². The molecule has 3 rings (SSSR count). The molecule has 0 saturated carbocycles. The Kier molecular flexibility index (Phi) is 7.36. The number of halogens is 1. The lowest BCUT2D eigenvalue weighted by Gasteiger charge is -2.22. The third-order valence-corrected chi connectivity index (χ3v) is 8.08. The van der Waals surface area contributed by atoms with Crippen LogP contribution in [0.5, 0.6) is 0 Å². The first-order valence-corrected chi connectivity index (χ1v) is 12.7. The molecule has 0 radical (unpaired) electrons. The lowest BCUT2D eigenvalue weighted by molar-refractivity contribution is -0.118. The van der Waals surface area contributed by atoms with Gasteiger partial charge in [0.05, 0.1) is 20.9 Å². The van der Waals surface area contributed by atoms with Gasteiger partial charge in [0, 0.05) is 24.5 Å². The highest BCUT2D eigenvalue weighted by molar-refractivity contribution is 7.91. The van der Waals surface area contributed by atoms with Gasteiger partial charge in [-0.15, -0.1) is 0 Å². The average molecular weight is 480 g/mol. The van der Waals surface area contributed by atoms with Crippen molar-refractivity contribution in [2.24, 2.45) is 0 Å². The predicted molar refractivity (Wildman–Crippen MR) is 128 cm³/mol. The first-order valence-electron chi connectivity index (χ1n) is 9.88. The van der Waals surface area contributed by atoms with E-state index < -0.39 is 9.84 Å². The third kappa shape index (κ3) is 5.83. The molecule has 0 unspecified atom stereocenters. The van der Waals surface area contributed by atoms with Crippen molar-refractivity contribution in [1.29, 1.82) is 0 Å². The van der Waals surface area contributed by atoms with Gasteiger partial charge in [-0.1, -0.05) is 22.9 Å². The highest BCUT2D eigenvalue weighted by atomic mass is 35.5. The number of rotatable bonds is 8. The lowest BCUT2D eigenvalue weighted by Crippen LogP contribution is -2.37. The van der Waals surface area contributed by atoms with Gasteiger partial charge in [-0.3, -0.25) is 9.69 Å². The van der Waals surface area contributed by atoms with Crippen LogP contribution in [0.1, 0.15) is 17.5 Å². The molecular formula is C22H26ClN3O3S2. The molecule has 0 fully saturated rings. The molecule has 31 heavy (non-hydrogen) atoms. The van der Waals surface area contributed by atoms with Crippen LogP contribution in [0.15, 0.2) is 41.3 Å². The number of carbonyl (C=O) groups excluding carboxylic acids is 1. The third-order valence-electron chi connectivity index (χ3n) is 5.05. The molecule has 2 aromatic carbocycles. The maximum Gasteiger partial charge on any atom is 0.229 e. The summed E-state index contributed by atoms with van der Waals surface area (Å²) in [5.74, 6) is -0.526. The number of carbonyl (C=O) groups is 1. The van der Waals surface area contributed by atoms with Crippen molar-refractivity contribution in [3.05, 3.63) is 52.5 Å². The molecule has 0 aliphatic heterocycles. The molecule has 0 N–H and O–H groups in total. The largest absolute Gasteiger partial charge is 0.308 e. The zero-order valence-electron chi connectivity index (χ0n) is 18.1. The normalized spacial score (nSPS) is 11.9. The highest BCUT2D eigenvalue weighted by Gasteiger charge is 2.23. The smallest absolute Gasteiger partial charge is 0.229 e. The molecule has 0 bridgehead atoms. The van der Waals surface area contributed by atoms with Crippen molar-refractivity contribution >= 4 is 54.0 Å². The second-order valence-corrected chi connectivity index (χ2v) is 11.3. The van der Waals surface area contributed by atoms with E-state index in [-0.39, 0.29) is 23.0 Å². The van der Waals surface area contributed by atoms with Gasteiger partial charge in [-0.2, -0.15) is 0 Å². The number of benzene rings is 2. The average Bonchev–Trinajstić information content (AvgIpc) is 3.09. The van der Waals surface area contributed by atoms with Crippen LogP contribution in [-0.2, 0) is 14.6 Å². The minimum absolute atomic E-state index is 0.119. The summed E-state index contributed by atoms with van der Waals surface area (Å²) in [5.41, 5.74) is 3.16. The van der Waals surface area contributed by atoms with Gasteiger partial charge in [0.2, 0.25) is 5.91 Å². The summed E-state index contributed by atoms with van der Waals surface area (Å²) in [4.78, 5) is 21.5. The summed E-state index contributed by atoms with van der Waals surface area (Å²) in [6.07, 6.45) is -0.119. The lowest BCUT2D eigenvalue weighted by atomic mass is 10.1. The minimum Gasteiger partial charge on any atom is -0.308 e. The Balaban J connectivity index is 1.83. The van der Waals surface area contributed by atoms with Gasteiger partial charge in [0.15, 0.2) is 15.0 Å². The van der Waals surface area contributed by atoms with Crippen molar-refractivity contribution in [2.75, 3.05) is 37.8 Å². The Morgan fingerprint density at radius 1 is 1.06 bits per heavy atom. The van der Waals surface area contributed by atoms with Crippen LogP contribution in [0.3, 0.4) is 0 Å². The highest BCUT2D eigenvalue weighted by Crippen LogP contribution is 2.31. The van der Waals surface area contributed by atoms with Crippen LogP contribution in [0.25, 0.3) is 10.2 Å². The van der Waals surface area contributed by atoms with E-state index in [0.29, 0.717) is 23.2 Å².